The number of carboxylic acid groups (broad SMARTS) is 1. The van der Waals surface area contributed by atoms with Crippen LogP contribution in [-0.4, -0.2) is 34.8 Å². The predicted molar refractivity (Wildman–Crippen MR) is 62.5 cm³/mol. The summed E-state index contributed by atoms with van der Waals surface area (Å²) in [6.07, 6.45) is -0.766. The van der Waals surface area contributed by atoms with Crippen LogP contribution < -0.4 is 5.32 Å². The smallest absolute Gasteiger partial charge is 0.405 e. The molecule has 1 atom stereocenters. The van der Waals surface area contributed by atoms with Gasteiger partial charge in [-0.3, -0.25) is 9.63 Å². The van der Waals surface area contributed by atoms with Gasteiger partial charge in [-0.05, 0) is 12.0 Å². The highest BCUT2D eigenvalue weighted by atomic mass is 16.7. The van der Waals surface area contributed by atoms with Gasteiger partial charge in [0.1, 0.15) is 12.6 Å². The van der Waals surface area contributed by atoms with Crippen molar-refractivity contribution >= 4 is 12.0 Å². The molecular weight excluding hydrogens is 236 g/mol. The number of nitrogens with one attached hydrogen (secondary N) is 1. The Balaban J connectivity index is 1.85. The van der Waals surface area contributed by atoms with Gasteiger partial charge >= 0.3 is 6.09 Å². The van der Waals surface area contributed by atoms with Gasteiger partial charge in [-0.1, -0.05) is 30.3 Å². The second-order valence-corrected chi connectivity index (χ2v) is 3.99. The molecule has 1 fully saturated rings. The van der Waals surface area contributed by atoms with Crippen LogP contribution in [-0.2, 0) is 16.2 Å². The Bertz CT molecular complexity index is 435. The lowest BCUT2D eigenvalue weighted by Crippen LogP contribution is -2.40. The van der Waals surface area contributed by atoms with Gasteiger partial charge < -0.3 is 10.4 Å². The molecule has 0 saturated carbocycles. The van der Waals surface area contributed by atoms with Crippen LogP contribution in [0.15, 0.2) is 30.3 Å². The number of hydroxylamine groups is 2. The summed E-state index contributed by atoms with van der Waals surface area (Å²) in [4.78, 5) is 27.6. The van der Waals surface area contributed by atoms with E-state index in [1.54, 1.807) is 0 Å². The second kappa shape index (κ2) is 5.50. The van der Waals surface area contributed by atoms with Crippen LogP contribution in [0.1, 0.15) is 12.0 Å². The zero-order chi connectivity index (χ0) is 13.0. The molecule has 0 bridgehead atoms. The molecule has 1 aromatic carbocycles. The molecule has 6 heteroatoms. The van der Waals surface area contributed by atoms with Crippen molar-refractivity contribution in [3.05, 3.63) is 35.9 Å². The first-order valence-corrected chi connectivity index (χ1v) is 5.64. The third-order valence-corrected chi connectivity index (χ3v) is 2.69. The fourth-order valence-electron chi connectivity index (χ4n) is 1.79. The number of carbonyl (C=O) groups is 2. The van der Waals surface area contributed by atoms with Crippen molar-refractivity contribution in [1.29, 1.82) is 0 Å². The van der Waals surface area contributed by atoms with E-state index < -0.39 is 12.1 Å². The first kappa shape index (κ1) is 12.4. The van der Waals surface area contributed by atoms with Crippen LogP contribution in [0.4, 0.5) is 4.79 Å². The highest BCUT2D eigenvalue weighted by molar-refractivity contribution is 5.86. The highest BCUT2D eigenvalue weighted by Crippen LogP contribution is 2.13. The van der Waals surface area contributed by atoms with E-state index in [0.29, 0.717) is 19.6 Å². The fourth-order valence-corrected chi connectivity index (χ4v) is 1.79. The molecule has 0 aromatic heterocycles. The molecule has 96 valence electrons. The van der Waals surface area contributed by atoms with Crippen LogP contribution in [0.5, 0.6) is 0 Å². The van der Waals surface area contributed by atoms with Gasteiger partial charge in [0.25, 0.3) is 5.91 Å². The molecule has 0 unspecified atom stereocenters. The van der Waals surface area contributed by atoms with Crippen molar-refractivity contribution < 1.29 is 19.5 Å². The Kier molecular flexibility index (Phi) is 3.78. The van der Waals surface area contributed by atoms with Gasteiger partial charge in [0.05, 0.1) is 6.54 Å². The molecule has 0 radical (unpaired) electrons. The van der Waals surface area contributed by atoms with Gasteiger partial charge in [0.15, 0.2) is 0 Å². The standard InChI is InChI=1S/C12H14N2O4/c15-11-10(13-12(16)17)6-7-14(11)18-8-9-4-2-1-3-5-9/h1-5,10,13H,6-8H2,(H,16,17)/t10-/m0/s1. The average Bonchev–Trinajstić information content (AvgIpc) is 2.69. The predicted octanol–water partition coefficient (Wildman–Crippen LogP) is 0.987. The van der Waals surface area contributed by atoms with Crippen LogP contribution in [0.3, 0.4) is 0 Å². The molecular formula is C12H14N2O4. The fraction of sp³-hybridized carbons (Fsp3) is 0.333. The summed E-state index contributed by atoms with van der Waals surface area (Å²) >= 11 is 0. The monoisotopic (exact) mass is 250 g/mol. The van der Waals surface area contributed by atoms with E-state index >= 15 is 0 Å². The molecule has 1 aromatic rings. The third kappa shape index (κ3) is 2.98. The van der Waals surface area contributed by atoms with Crippen LogP contribution in [0.2, 0.25) is 0 Å². The second-order valence-electron chi connectivity index (χ2n) is 3.99. The summed E-state index contributed by atoms with van der Waals surface area (Å²) in [6, 6.07) is 8.77. The molecule has 2 amide bonds. The molecule has 1 saturated heterocycles. The molecule has 1 heterocycles. The van der Waals surface area contributed by atoms with Crippen LogP contribution >= 0.6 is 0 Å². The Morgan fingerprint density at radius 3 is 2.83 bits per heavy atom. The number of nitrogens with zero attached hydrogens (tertiary/aromatic N) is 1. The van der Waals surface area contributed by atoms with E-state index in [9.17, 15) is 9.59 Å². The first-order chi connectivity index (χ1) is 8.66. The van der Waals surface area contributed by atoms with Crippen molar-refractivity contribution in [3.63, 3.8) is 0 Å². The van der Waals surface area contributed by atoms with Gasteiger partial charge in [0.2, 0.25) is 0 Å². The van der Waals surface area contributed by atoms with Crippen molar-refractivity contribution in [2.24, 2.45) is 0 Å². The summed E-state index contributed by atoms with van der Waals surface area (Å²) in [5.74, 6) is -0.340. The lowest BCUT2D eigenvalue weighted by Gasteiger charge is -2.16. The minimum atomic E-state index is -1.20. The molecule has 2 N–H and O–H groups in total. The normalized spacial score (nSPS) is 19.0. The van der Waals surface area contributed by atoms with E-state index in [0.717, 1.165) is 5.56 Å². The number of rotatable bonds is 4. The van der Waals surface area contributed by atoms with E-state index in [-0.39, 0.29) is 5.91 Å². The summed E-state index contributed by atoms with van der Waals surface area (Å²) in [7, 11) is 0. The maximum atomic E-state index is 11.7. The van der Waals surface area contributed by atoms with Gasteiger partial charge in [0, 0.05) is 0 Å². The van der Waals surface area contributed by atoms with Gasteiger partial charge in [-0.2, -0.15) is 0 Å². The third-order valence-electron chi connectivity index (χ3n) is 2.69. The van der Waals surface area contributed by atoms with E-state index in [1.165, 1.54) is 5.06 Å². The molecule has 0 aliphatic carbocycles. The minimum absolute atomic E-state index is 0.298. The number of hydrogen-bond acceptors (Lipinski definition) is 3. The molecule has 2 rings (SSSR count). The molecule has 0 spiro atoms. The van der Waals surface area contributed by atoms with E-state index in [4.69, 9.17) is 9.94 Å². The van der Waals surface area contributed by atoms with Crippen LogP contribution in [0.25, 0.3) is 0 Å². The number of benzene rings is 1. The maximum Gasteiger partial charge on any atom is 0.405 e. The van der Waals surface area contributed by atoms with Gasteiger partial charge in [-0.15, -0.1) is 0 Å². The Labute approximate surface area is 104 Å². The van der Waals surface area contributed by atoms with E-state index in [2.05, 4.69) is 5.32 Å². The highest BCUT2D eigenvalue weighted by Gasteiger charge is 2.33. The Hall–Kier alpha value is -2.08. The lowest BCUT2D eigenvalue weighted by atomic mass is 10.2. The first-order valence-electron chi connectivity index (χ1n) is 5.64. The average molecular weight is 250 g/mol. The van der Waals surface area contributed by atoms with Crippen molar-refractivity contribution in [2.75, 3.05) is 6.54 Å². The summed E-state index contributed by atoms with van der Waals surface area (Å²) < 4.78 is 0. The molecule has 1 aliphatic heterocycles. The number of hydrogen-bond donors (Lipinski definition) is 2. The summed E-state index contributed by atoms with van der Waals surface area (Å²) in [6.45, 7) is 0.697. The van der Waals surface area contributed by atoms with Crippen molar-refractivity contribution in [1.82, 2.24) is 10.4 Å². The van der Waals surface area contributed by atoms with Gasteiger partial charge in [-0.25, -0.2) is 9.86 Å². The maximum absolute atomic E-state index is 11.7. The largest absolute Gasteiger partial charge is 0.465 e. The molecule has 18 heavy (non-hydrogen) atoms. The lowest BCUT2D eigenvalue weighted by molar-refractivity contribution is -0.183. The quantitative estimate of drug-likeness (QED) is 0.835. The van der Waals surface area contributed by atoms with Crippen molar-refractivity contribution in [3.8, 4) is 0 Å². The molecule has 1 aliphatic rings. The van der Waals surface area contributed by atoms with E-state index in [1.807, 2.05) is 30.3 Å². The SMILES string of the molecule is O=C(O)N[C@H]1CCN(OCc2ccccc2)C1=O. The summed E-state index contributed by atoms with van der Waals surface area (Å²) in [5.41, 5.74) is 0.958. The zero-order valence-corrected chi connectivity index (χ0v) is 9.70. The zero-order valence-electron chi connectivity index (χ0n) is 9.70. The minimum Gasteiger partial charge on any atom is -0.465 e. The van der Waals surface area contributed by atoms with Crippen LogP contribution in [0, 0.1) is 0 Å². The van der Waals surface area contributed by atoms with Crippen molar-refractivity contribution in [2.45, 2.75) is 19.1 Å². The topological polar surface area (TPSA) is 78.9 Å². The number of amides is 2. The Morgan fingerprint density at radius 1 is 1.44 bits per heavy atom. The summed E-state index contributed by atoms with van der Waals surface area (Å²) in [5, 5.41) is 11.9. The number of carbonyl (C=O) groups excluding carboxylic acids is 1. The molecule has 6 nitrogen and oxygen atoms in total. The Morgan fingerprint density at radius 2 is 2.17 bits per heavy atom.